The molecule has 1 aliphatic carbocycles. The van der Waals surface area contributed by atoms with Gasteiger partial charge in [-0.15, -0.1) is 0 Å². The fraction of sp³-hybridized carbons (Fsp3) is 0.500. The van der Waals surface area contributed by atoms with Crippen LogP contribution in [0.4, 0.5) is 0 Å². The van der Waals surface area contributed by atoms with Crippen molar-refractivity contribution in [3.8, 4) is 0 Å². The summed E-state index contributed by atoms with van der Waals surface area (Å²) in [6.07, 6.45) is 4.30. The standard InChI is InChI=1S/C16H21NO3/c1-11(16(19)20)7-8-17-15(18)10-12-5-6-13-3-2-4-14(13)9-12/h5-6,9,11H,2-4,7-8,10H2,1H3,(H,17,18)(H,19,20). The molecule has 1 aromatic rings. The minimum Gasteiger partial charge on any atom is -0.481 e. The van der Waals surface area contributed by atoms with Crippen molar-refractivity contribution >= 4 is 11.9 Å². The van der Waals surface area contributed by atoms with E-state index < -0.39 is 11.9 Å². The highest BCUT2D eigenvalue weighted by Crippen LogP contribution is 2.22. The molecule has 0 saturated heterocycles. The van der Waals surface area contributed by atoms with Crippen molar-refractivity contribution in [1.29, 1.82) is 0 Å². The van der Waals surface area contributed by atoms with Crippen molar-refractivity contribution in [2.75, 3.05) is 6.54 Å². The summed E-state index contributed by atoms with van der Waals surface area (Å²) in [6.45, 7) is 2.06. The van der Waals surface area contributed by atoms with Crippen LogP contribution in [0.25, 0.3) is 0 Å². The van der Waals surface area contributed by atoms with Gasteiger partial charge < -0.3 is 10.4 Å². The van der Waals surface area contributed by atoms with Crippen molar-refractivity contribution in [2.24, 2.45) is 5.92 Å². The largest absolute Gasteiger partial charge is 0.481 e. The SMILES string of the molecule is CC(CCNC(=O)Cc1ccc2c(c1)CCC2)C(=O)O. The second-order valence-corrected chi connectivity index (χ2v) is 5.51. The van der Waals surface area contributed by atoms with Gasteiger partial charge in [0.25, 0.3) is 0 Å². The molecular weight excluding hydrogens is 254 g/mol. The Morgan fingerprint density at radius 2 is 2.05 bits per heavy atom. The van der Waals surface area contributed by atoms with Gasteiger partial charge in [0.05, 0.1) is 12.3 Å². The number of benzene rings is 1. The maximum absolute atomic E-state index is 11.8. The molecule has 1 aliphatic rings. The van der Waals surface area contributed by atoms with Gasteiger partial charge in [0.2, 0.25) is 5.91 Å². The monoisotopic (exact) mass is 275 g/mol. The summed E-state index contributed by atoms with van der Waals surface area (Å²) in [7, 11) is 0. The molecule has 0 aliphatic heterocycles. The van der Waals surface area contributed by atoms with Gasteiger partial charge in [-0.05, 0) is 42.4 Å². The molecule has 108 valence electrons. The molecule has 1 amide bonds. The third-order valence-electron chi connectivity index (χ3n) is 3.85. The molecule has 0 bridgehead atoms. The molecule has 20 heavy (non-hydrogen) atoms. The van der Waals surface area contributed by atoms with Crippen LogP contribution in [-0.2, 0) is 28.9 Å². The van der Waals surface area contributed by atoms with E-state index in [-0.39, 0.29) is 5.91 Å². The summed E-state index contributed by atoms with van der Waals surface area (Å²) in [6, 6.07) is 6.27. The van der Waals surface area contributed by atoms with Crippen LogP contribution in [0.5, 0.6) is 0 Å². The molecule has 2 N–H and O–H groups in total. The number of nitrogens with one attached hydrogen (secondary N) is 1. The van der Waals surface area contributed by atoms with Gasteiger partial charge in [-0.3, -0.25) is 9.59 Å². The number of aryl methyl sites for hydroxylation is 2. The predicted molar refractivity (Wildman–Crippen MR) is 76.6 cm³/mol. The average Bonchev–Trinajstić information content (AvgIpc) is 2.85. The maximum Gasteiger partial charge on any atom is 0.306 e. The molecule has 4 nitrogen and oxygen atoms in total. The molecule has 4 heteroatoms. The summed E-state index contributed by atoms with van der Waals surface area (Å²) in [5.74, 6) is -1.28. The first kappa shape index (κ1) is 14.6. The Kier molecular flexibility index (Phi) is 4.77. The number of fused-ring (bicyclic) bond motifs is 1. The lowest BCUT2D eigenvalue weighted by atomic mass is 10.0. The summed E-state index contributed by atoms with van der Waals surface area (Å²) < 4.78 is 0. The highest BCUT2D eigenvalue weighted by molar-refractivity contribution is 5.78. The van der Waals surface area contributed by atoms with Gasteiger partial charge >= 0.3 is 5.97 Å². The van der Waals surface area contributed by atoms with Crippen LogP contribution in [0.2, 0.25) is 0 Å². The van der Waals surface area contributed by atoms with Crippen molar-refractivity contribution in [3.63, 3.8) is 0 Å². The smallest absolute Gasteiger partial charge is 0.306 e. The van der Waals surface area contributed by atoms with Crippen LogP contribution in [0, 0.1) is 5.92 Å². The molecule has 1 atom stereocenters. The third-order valence-corrected chi connectivity index (χ3v) is 3.85. The van der Waals surface area contributed by atoms with Crippen LogP contribution < -0.4 is 5.32 Å². The lowest BCUT2D eigenvalue weighted by Crippen LogP contribution is -2.28. The zero-order valence-electron chi connectivity index (χ0n) is 11.8. The van der Waals surface area contributed by atoms with Crippen molar-refractivity contribution in [3.05, 3.63) is 34.9 Å². The highest BCUT2D eigenvalue weighted by Gasteiger charge is 2.13. The number of rotatable bonds is 6. The number of amides is 1. The van der Waals surface area contributed by atoms with E-state index in [9.17, 15) is 9.59 Å². The molecule has 0 heterocycles. The summed E-state index contributed by atoms with van der Waals surface area (Å²) in [4.78, 5) is 22.5. The van der Waals surface area contributed by atoms with E-state index in [1.54, 1.807) is 6.92 Å². The first-order chi connectivity index (χ1) is 9.56. The Morgan fingerprint density at radius 3 is 2.80 bits per heavy atom. The summed E-state index contributed by atoms with van der Waals surface area (Å²) >= 11 is 0. The quantitative estimate of drug-likeness (QED) is 0.834. The average molecular weight is 275 g/mol. The fourth-order valence-electron chi connectivity index (χ4n) is 2.53. The van der Waals surface area contributed by atoms with Crippen molar-refractivity contribution in [2.45, 2.75) is 39.0 Å². The van der Waals surface area contributed by atoms with Gasteiger partial charge in [-0.2, -0.15) is 0 Å². The number of carbonyl (C=O) groups excluding carboxylic acids is 1. The molecule has 1 aromatic carbocycles. The molecule has 0 saturated carbocycles. The van der Waals surface area contributed by atoms with Crippen LogP contribution in [-0.4, -0.2) is 23.5 Å². The van der Waals surface area contributed by atoms with E-state index in [1.807, 2.05) is 6.07 Å². The molecule has 0 aromatic heterocycles. The molecule has 2 rings (SSSR count). The molecular formula is C16H21NO3. The van der Waals surface area contributed by atoms with E-state index >= 15 is 0 Å². The van der Waals surface area contributed by atoms with Crippen LogP contribution in [0.1, 0.15) is 36.5 Å². The fourth-order valence-corrected chi connectivity index (χ4v) is 2.53. The zero-order chi connectivity index (χ0) is 14.5. The normalized spacial score (nSPS) is 14.7. The Balaban J connectivity index is 1.78. The number of hydrogen-bond acceptors (Lipinski definition) is 2. The minimum absolute atomic E-state index is 0.0412. The minimum atomic E-state index is -0.821. The van der Waals surface area contributed by atoms with Crippen LogP contribution >= 0.6 is 0 Å². The van der Waals surface area contributed by atoms with Crippen LogP contribution in [0.15, 0.2) is 18.2 Å². The van der Waals surface area contributed by atoms with E-state index in [0.717, 1.165) is 18.4 Å². The molecule has 0 radical (unpaired) electrons. The second kappa shape index (κ2) is 6.55. The first-order valence-corrected chi connectivity index (χ1v) is 7.16. The van der Waals surface area contributed by atoms with Gasteiger partial charge in [0.15, 0.2) is 0 Å². The second-order valence-electron chi connectivity index (χ2n) is 5.51. The lowest BCUT2D eigenvalue weighted by Gasteiger charge is -2.09. The summed E-state index contributed by atoms with van der Waals surface area (Å²) in [5, 5.41) is 11.5. The number of carbonyl (C=O) groups is 2. The lowest BCUT2D eigenvalue weighted by molar-refractivity contribution is -0.141. The summed E-state index contributed by atoms with van der Waals surface area (Å²) in [5.41, 5.74) is 3.81. The number of carboxylic acid groups (broad SMARTS) is 1. The Labute approximate surface area is 119 Å². The Morgan fingerprint density at radius 1 is 1.30 bits per heavy atom. The van der Waals surface area contributed by atoms with Gasteiger partial charge in [0.1, 0.15) is 0 Å². The Hall–Kier alpha value is -1.84. The molecule has 0 spiro atoms. The number of carboxylic acids is 1. The van der Waals surface area contributed by atoms with E-state index in [1.165, 1.54) is 17.5 Å². The number of hydrogen-bond donors (Lipinski definition) is 2. The van der Waals surface area contributed by atoms with Crippen molar-refractivity contribution in [1.82, 2.24) is 5.32 Å². The maximum atomic E-state index is 11.8. The number of aliphatic carboxylic acids is 1. The van der Waals surface area contributed by atoms with E-state index in [2.05, 4.69) is 17.4 Å². The van der Waals surface area contributed by atoms with Crippen molar-refractivity contribution < 1.29 is 14.7 Å². The van der Waals surface area contributed by atoms with E-state index in [4.69, 9.17) is 5.11 Å². The van der Waals surface area contributed by atoms with Crippen LogP contribution in [0.3, 0.4) is 0 Å². The zero-order valence-corrected chi connectivity index (χ0v) is 11.8. The van der Waals surface area contributed by atoms with Gasteiger partial charge in [0, 0.05) is 6.54 Å². The molecule has 1 unspecified atom stereocenters. The highest BCUT2D eigenvalue weighted by atomic mass is 16.4. The van der Waals surface area contributed by atoms with Gasteiger partial charge in [-0.25, -0.2) is 0 Å². The molecule has 0 fully saturated rings. The van der Waals surface area contributed by atoms with Gasteiger partial charge in [-0.1, -0.05) is 25.1 Å². The third kappa shape index (κ3) is 3.83. The topological polar surface area (TPSA) is 66.4 Å². The predicted octanol–water partition coefficient (Wildman–Crippen LogP) is 1.94. The Bertz CT molecular complexity index is 510. The van der Waals surface area contributed by atoms with E-state index in [0.29, 0.717) is 19.4 Å². The first-order valence-electron chi connectivity index (χ1n) is 7.16.